The van der Waals surface area contributed by atoms with Gasteiger partial charge in [-0.15, -0.1) is 5.92 Å². The summed E-state index contributed by atoms with van der Waals surface area (Å²) >= 11 is 0. The van der Waals surface area contributed by atoms with Crippen molar-refractivity contribution in [3.8, 4) is 11.8 Å². The number of hydrogen-bond acceptors (Lipinski definition) is 1. The van der Waals surface area contributed by atoms with E-state index in [9.17, 15) is 0 Å². The van der Waals surface area contributed by atoms with Gasteiger partial charge in [-0.1, -0.05) is 58.8 Å². The predicted molar refractivity (Wildman–Crippen MR) is 86.7 cm³/mol. The second kappa shape index (κ2) is 8.12. The second-order valence-electron chi connectivity index (χ2n) is 6.85. The molecule has 1 unspecified atom stereocenters. The first-order valence-corrected chi connectivity index (χ1v) is 11.1. The van der Waals surface area contributed by atoms with Crippen LogP contribution in [-0.2, 0) is 4.43 Å². The number of rotatable bonds is 5. The maximum atomic E-state index is 6.56. The minimum absolute atomic E-state index is 0.170. The highest BCUT2D eigenvalue weighted by molar-refractivity contribution is 6.72. The molecule has 19 heavy (non-hydrogen) atoms. The molecule has 110 valence electrons. The Morgan fingerprint density at radius 2 is 1.79 bits per heavy atom. The van der Waals surface area contributed by atoms with Gasteiger partial charge in [-0.3, -0.25) is 0 Å². The lowest BCUT2D eigenvalue weighted by Crippen LogP contribution is -2.41. The molecule has 1 saturated carbocycles. The van der Waals surface area contributed by atoms with E-state index in [2.05, 4.69) is 45.7 Å². The van der Waals surface area contributed by atoms with Crippen molar-refractivity contribution < 1.29 is 4.43 Å². The van der Waals surface area contributed by atoms with Gasteiger partial charge in [0.15, 0.2) is 8.32 Å². The lowest BCUT2D eigenvalue weighted by Gasteiger charge is -2.37. The zero-order chi connectivity index (χ0) is 14.3. The van der Waals surface area contributed by atoms with E-state index in [1.54, 1.807) is 0 Å². The van der Waals surface area contributed by atoms with E-state index in [1.807, 2.05) is 0 Å². The van der Waals surface area contributed by atoms with Gasteiger partial charge in [0.1, 0.15) is 6.10 Å². The smallest absolute Gasteiger partial charge is 0.191 e. The summed E-state index contributed by atoms with van der Waals surface area (Å²) in [6.45, 7) is 11.5. The SMILES string of the molecule is CCC#CC(CC(C)C)O[Si](C)(C)C1CCCCC1. The summed E-state index contributed by atoms with van der Waals surface area (Å²) in [5.41, 5.74) is 0.847. The van der Waals surface area contributed by atoms with Gasteiger partial charge in [0.25, 0.3) is 0 Å². The molecule has 1 nitrogen and oxygen atoms in total. The quantitative estimate of drug-likeness (QED) is 0.486. The third kappa shape index (κ3) is 6.14. The van der Waals surface area contributed by atoms with Gasteiger partial charge < -0.3 is 4.43 Å². The van der Waals surface area contributed by atoms with Gasteiger partial charge in [-0.25, -0.2) is 0 Å². The first-order chi connectivity index (χ1) is 8.95. The average Bonchev–Trinajstić information content (AvgIpc) is 2.36. The zero-order valence-electron chi connectivity index (χ0n) is 13.6. The Labute approximate surface area is 121 Å². The third-order valence-electron chi connectivity index (χ3n) is 4.16. The fourth-order valence-electron chi connectivity index (χ4n) is 3.04. The van der Waals surface area contributed by atoms with Crippen molar-refractivity contribution in [2.75, 3.05) is 0 Å². The highest BCUT2D eigenvalue weighted by atomic mass is 28.4. The molecular formula is C17H32OSi. The maximum Gasteiger partial charge on any atom is 0.191 e. The molecule has 1 aliphatic carbocycles. The van der Waals surface area contributed by atoms with Gasteiger partial charge >= 0.3 is 0 Å². The Morgan fingerprint density at radius 1 is 1.16 bits per heavy atom. The standard InChI is InChI=1S/C17H32OSi/c1-6-7-11-16(14-15(2)3)18-19(4,5)17-12-9-8-10-13-17/h15-17H,6,8-10,12-14H2,1-5H3. The van der Waals surface area contributed by atoms with Crippen LogP contribution in [0.5, 0.6) is 0 Å². The summed E-state index contributed by atoms with van der Waals surface area (Å²) in [6.07, 6.45) is 9.18. The van der Waals surface area contributed by atoms with Crippen LogP contribution in [0.25, 0.3) is 0 Å². The summed E-state index contributed by atoms with van der Waals surface area (Å²) in [6, 6.07) is 0. The molecule has 1 atom stereocenters. The minimum Gasteiger partial charge on any atom is -0.404 e. The van der Waals surface area contributed by atoms with Crippen molar-refractivity contribution in [1.29, 1.82) is 0 Å². The third-order valence-corrected chi connectivity index (χ3v) is 7.60. The largest absolute Gasteiger partial charge is 0.404 e. The van der Waals surface area contributed by atoms with E-state index < -0.39 is 8.32 Å². The van der Waals surface area contributed by atoms with Crippen LogP contribution >= 0.6 is 0 Å². The van der Waals surface area contributed by atoms with Crippen LogP contribution in [0.4, 0.5) is 0 Å². The summed E-state index contributed by atoms with van der Waals surface area (Å²) in [5, 5.41) is 0. The Morgan fingerprint density at radius 3 is 2.32 bits per heavy atom. The molecule has 1 aliphatic rings. The van der Waals surface area contributed by atoms with Crippen molar-refractivity contribution >= 4 is 8.32 Å². The number of hydrogen-bond donors (Lipinski definition) is 0. The second-order valence-corrected chi connectivity index (χ2v) is 11.1. The highest BCUT2D eigenvalue weighted by Gasteiger charge is 2.36. The molecule has 0 radical (unpaired) electrons. The van der Waals surface area contributed by atoms with Crippen LogP contribution in [0.15, 0.2) is 0 Å². The molecule has 0 spiro atoms. The molecule has 0 aromatic heterocycles. The fraction of sp³-hybridized carbons (Fsp3) is 0.882. The Hall–Kier alpha value is -0.263. The zero-order valence-corrected chi connectivity index (χ0v) is 14.6. The van der Waals surface area contributed by atoms with Crippen LogP contribution < -0.4 is 0 Å². The average molecular weight is 281 g/mol. The summed E-state index contributed by atoms with van der Waals surface area (Å²) in [5.74, 6) is 7.24. The summed E-state index contributed by atoms with van der Waals surface area (Å²) in [7, 11) is -1.58. The van der Waals surface area contributed by atoms with E-state index in [0.717, 1.165) is 18.4 Å². The van der Waals surface area contributed by atoms with Gasteiger partial charge in [0, 0.05) is 6.42 Å². The van der Waals surface area contributed by atoms with Gasteiger partial charge in [0.05, 0.1) is 0 Å². The van der Waals surface area contributed by atoms with E-state index in [4.69, 9.17) is 4.43 Å². The Bertz CT molecular complexity index is 305. The normalized spacial score (nSPS) is 19.1. The summed E-state index contributed by atoms with van der Waals surface area (Å²) in [4.78, 5) is 0. The monoisotopic (exact) mass is 280 g/mol. The first kappa shape index (κ1) is 16.8. The van der Waals surface area contributed by atoms with Crippen LogP contribution in [0.3, 0.4) is 0 Å². The lowest BCUT2D eigenvalue weighted by atomic mass is 10.0. The minimum atomic E-state index is -1.58. The van der Waals surface area contributed by atoms with Crippen LogP contribution in [-0.4, -0.2) is 14.4 Å². The molecule has 0 N–H and O–H groups in total. The van der Waals surface area contributed by atoms with Gasteiger partial charge in [-0.05, 0) is 31.0 Å². The van der Waals surface area contributed by atoms with E-state index in [0.29, 0.717) is 5.92 Å². The molecule has 0 aromatic rings. The molecule has 0 bridgehead atoms. The molecule has 0 aromatic carbocycles. The molecule has 0 amide bonds. The first-order valence-electron chi connectivity index (χ1n) is 8.12. The van der Waals surface area contributed by atoms with Crippen molar-refractivity contribution in [2.24, 2.45) is 5.92 Å². The molecule has 2 heteroatoms. The van der Waals surface area contributed by atoms with Gasteiger partial charge in [-0.2, -0.15) is 0 Å². The van der Waals surface area contributed by atoms with Crippen LogP contribution in [0, 0.1) is 17.8 Å². The van der Waals surface area contributed by atoms with E-state index in [-0.39, 0.29) is 6.10 Å². The van der Waals surface area contributed by atoms with Gasteiger partial charge in [0.2, 0.25) is 0 Å². The van der Waals surface area contributed by atoms with Crippen molar-refractivity contribution in [3.63, 3.8) is 0 Å². The molecule has 0 aliphatic heterocycles. The van der Waals surface area contributed by atoms with Crippen LogP contribution in [0.2, 0.25) is 18.6 Å². The predicted octanol–water partition coefficient (Wildman–Crippen LogP) is 5.37. The van der Waals surface area contributed by atoms with E-state index in [1.165, 1.54) is 32.1 Å². The maximum absolute atomic E-state index is 6.56. The van der Waals surface area contributed by atoms with Crippen molar-refractivity contribution in [1.82, 2.24) is 0 Å². The summed E-state index contributed by atoms with van der Waals surface area (Å²) < 4.78 is 6.56. The van der Waals surface area contributed by atoms with E-state index >= 15 is 0 Å². The Kier molecular flexibility index (Phi) is 7.18. The molecule has 0 saturated heterocycles. The van der Waals surface area contributed by atoms with Crippen LogP contribution in [0.1, 0.15) is 65.7 Å². The molecule has 0 heterocycles. The molecule has 1 fully saturated rings. The highest BCUT2D eigenvalue weighted by Crippen LogP contribution is 2.38. The van der Waals surface area contributed by atoms with Crippen molar-refractivity contribution in [2.45, 2.75) is 90.5 Å². The van der Waals surface area contributed by atoms with Crippen molar-refractivity contribution in [3.05, 3.63) is 0 Å². The molecule has 1 rings (SSSR count). The topological polar surface area (TPSA) is 9.23 Å². The Balaban J connectivity index is 2.63. The lowest BCUT2D eigenvalue weighted by molar-refractivity contribution is 0.208. The fourth-order valence-corrected chi connectivity index (χ4v) is 5.92. The molecular weight excluding hydrogens is 248 g/mol.